The minimum atomic E-state index is -1.08. The average molecular weight is 515 g/mol. The first-order valence-corrected chi connectivity index (χ1v) is 13.9. The van der Waals surface area contributed by atoms with E-state index in [2.05, 4.69) is 6.92 Å². The molecule has 7 nitrogen and oxygen atoms in total. The van der Waals surface area contributed by atoms with Crippen LogP contribution in [0.25, 0.3) is 0 Å². The standard InChI is InChI=1S/C27H46O7S/c1-5-8-11-14-22(34-26(35)31-4)18-16-21-17-19-23(28)27(21,25(30)33-7-3)20-13-10-9-12-15-24(29)32-6-2/h21-22H,5-20H2,1-4H3. The Labute approximate surface area is 217 Å². The Morgan fingerprint density at radius 2 is 1.71 bits per heavy atom. The molecule has 0 aromatic rings. The van der Waals surface area contributed by atoms with Crippen LogP contribution in [0.4, 0.5) is 0 Å². The average Bonchev–Trinajstić information content (AvgIpc) is 3.15. The van der Waals surface area contributed by atoms with E-state index in [4.69, 9.17) is 31.2 Å². The number of rotatable bonds is 18. The van der Waals surface area contributed by atoms with E-state index >= 15 is 0 Å². The van der Waals surface area contributed by atoms with Gasteiger partial charge in [-0.1, -0.05) is 39.0 Å². The molecule has 0 aliphatic heterocycles. The highest BCUT2D eigenvalue weighted by molar-refractivity contribution is 7.79. The number of hydrogen-bond acceptors (Lipinski definition) is 8. The number of carbonyl (C=O) groups is 3. The van der Waals surface area contributed by atoms with Gasteiger partial charge in [-0.2, -0.15) is 0 Å². The Morgan fingerprint density at radius 1 is 1.00 bits per heavy atom. The summed E-state index contributed by atoms with van der Waals surface area (Å²) in [6.45, 7) is 6.38. The molecular weight excluding hydrogens is 468 g/mol. The third kappa shape index (κ3) is 10.4. The molecule has 0 aromatic carbocycles. The summed E-state index contributed by atoms with van der Waals surface area (Å²) in [4.78, 5) is 37.8. The number of carbonyl (C=O) groups excluding carboxylic acids is 3. The summed E-state index contributed by atoms with van der Waals surface area (Å²) in [5.41, 5.74) is -1.08. The molecule has 0 aromatic heterocycles. The largest absolute Gasteiger partial charge is 0.466 e. The van der Waals surface area contributed by atoms with Crippen molar-refractivity contribution in [2.45, 2.75) is 117 Å². The van der Waals surface area contributed by atoms with Gasteiger partial charge in [0.1, 0.15) is 17.3 Å². The number of hydrogen-bond donors (Lipinski definition) is 0. The second-order valence-electron chi connectivity index (χ2n) is 9.34. The third-order valence-electron chi connectivity index (χ3n) is 6.96. The second kappa shape index (κ2) is 17.7. The Kier molecular flexibility index (Phi) is 15.8. The maximum absolute atomic E-state index is 13.2. The fourth-order valence-corrected chi connectivity index (χ4v) is 5.23. The molecule has 0 amide bonds. The Bertz CT molecular complexity index is 666. The molecule has 3 atom stereocenters. The smallest absolute Gasteiger partial charge is 0.352 e. The van der Waals surface area contributed by atoms with Crippen LogP contribution >= 0.6 is 12.2 Å². The molecule has 1 saturated carbocycles. The zero-order valence-corrected chi connectivity index (χ0v) is 23.1. The van der Waals surface area contributed by atoms with Crippen molar-refractivity contribution in [2.75, 3.05) is 20.3 Å². The second-order valence-corrected chi connectivity index (χ2v) is 9.67. The molecule has 0 radical (unpaired) electrons. The highest BCUT2D eigenvalue weighted by Crippen LogP contribution is 2.48. The molecule has 35 heavy (non-hydrogen) atoms. The summed E-state index contributed by atoms with van der Waals surface area (Å²) in [5.74, 6) is -0.620. The van der Waals surface area contributed by atoms with Gasteiger partial charge in [0.25, 0.3) is 0 Å². The number of Topliss-reactive ketones (excluding diaryl/α,β-unsaturated/α-hetero) is 1. The van der Waals surface area contributed by atoms with Gasteiger partial charge < -0.3 is 18.9 Å². The summed E-state index contributed by atoms with van der Waals surface area (Å²) in [7, 11) is 1.50. The van der Waals surface area contributed by atoms with Gasteiger partial charge in [-0.25, -0.2) is 0 Å². The van der Waals surface area contributed by atoms with Crippen LogP contribution in [0.3, 0.4) is 0 Å². The zero-order chi connectivity index (χ0) is 26.1. The van der Waals surface area contributed by atoms with E-state index in [0.29, 0.717) is 45.1 Å². The van der Waals surface area contributed by atoms with Crippen molar-refractivity contribution in [3.8, 4) is 0 Å². The van der Waals surface area contributed by atoms with Gasteiger partial charge in [0.15, 0.2) is 0 Å². The van der Waals surface area contributed by atoms with Crippen LogP contribution in [0, 0.1) is 11.3 Å². The summed E-state index contributed by atoms with van der Waals surface area (Å²) in [6.07, 6.45) is 10.7. The lowest BCUT2D eigenvalue weighted by molar-refractivity contribution is -0.162. The normalized spacial score (nSPS) is 20.3. The molecule has 0 N–H and O–H groups in total. The molecule has 0 spiro atoms. The van der Waals surface area contributed by atoms with Gasteiger partial charge in [0, 0.05) is 25.1 Å². The number of methoxy groups -OCH3 is 1. The first-order valence-electron chi connectivity index (χ1n) is 13.5. The number of thiocarbonyl (C=S) groups is 1. The predicted molar refractivity (Wildman–Crippen MR) is 139 cm³/mol. The Hall–Kier alpha value is -1.70. The molecule has 8 heteroatoms. The number of esters is 2. The molecule has 1 fully saturated rings. The molecule has 3 unspecified atom stereocenters. The zero-order valence-electron chi connectivity index (χ0n) is 22.2. The molecular formula is C27H46O7S. The Balaban J connectivity index is 2.80. The van der Waals surface area contributed by atoms with Crippen molar-refractivity contribution in [3.63, 3.8) is 0 Å². The molecule has 0 saturated heterocycles. The van der Waals surface area contributed by atoms with E-state index < -0.39 is 5.41 Å². The molecule has 202 valence electrons. The summed E-state index contributed by atoms with van der Waals surface area (Å²) in [6, 6.07) is 0. The van der Waals surface area contributed by atoms with Crippen molar-refractivity contribution < 1.29 is 33.3 Å². The summed E-state index contributed by atoms with van der Waals surface area (Å²) >= 11 is 5.12. The van der Waals surface area contributed by atoms with Gasteiger partial charge in [0.05, 0.1) is 20.3 Å². The minimum Gasteiger partial charge on any atom is -0.466 e. The summed E-state index contributed by atoms with van der Waals surface area (Å²) in [5, 5.41) is 0.133. The van der Waals surface area contributed by atoms with Gasteiger partial charge in [-0.15, -0.1) is 0 Å². The van der Waals surface area contributed by atoms with E-state index in [-0.39, 0.29) is 41.6 Å². The fraction of sp³-hybridized carbons (Fsp3) is 0.852. The van der Waals surface area contributed by atoms with Crippen molar-refractivity contribution in [1.82, 2.24) is 0 Å². The lowest BCUT2D eigenvalue weighted by Crippen LogP contribution is -2.42. The van der Waals surface area contributed by atoms with Crippen molar-refractivity contribution in [3.05, 3.63) is 0 Å². The van der Waals surface area contributed by atoms with Crippen LogP contribution in [0.2, 0.25) is 0 Å². The maximum Gasteiger partial charge on any atom is 0.352 e. The van der Waals surface area contributed by atoms with Crippen LogP contribution < -0.4 is 0 Å². The van der Waals surface area contributed by atoms with Crippen LogP contribution in [0.15, 0.2) is 0 Å². The highest BCUT2D eigenvalue weighted by Gasteiger charge is 2.55. The van der Waals surface area contributed by atoms with Gasteiger partial charge >= 0.3 is 17.2 Å². The van der Waals surface area contributed by atoms with Gasteiger partial charge in [-0.3, -0.25) is 14.4 Å². The fourth-order valence-electron chi connectivity index (χ4n) is 5.09. The van der Waals surface area contributed by atoms with E-state index in [1.165, 1.54) is 7.11 Å². The Morgan fingerprint density at radius 3 is 2.37 bits per heavy atom. The van der Waals surface area contributed by atoms with Crippen LogP contribution in [0.1, 0.15) is 111 Å². The van der Waals surface area contributed by atoms with E-state index in [9.17, 15) is 14.4 Å². The number of ether oxygens (including phenoxy) is 4. The van der Waals surface area contributed by atoms with Gasteiger partial charge in [0.2, 0.25) is 0 Å². The molecule has 0 bridgehead atoms. The van der Waals surface area contributed by atoms with Crippen LogP contribution in [0.5, 0.6) is 0 Å². The quantitative estimate of drug-likeness (QED) is 0.0939. The monoisotopic (exact) mass is 514 g/mol. The van der Waals surface area contributed by atoms with Crippen molar-refractivity contribution in [1.29, 1.82) is 0 Å². The first kappa shape index (κ1) is 31.3. The van der Waals surface area contributed by atoms with E-state index in [0.717, 1.165) is 51.4 Å². The third-order valence-corrected chi connectivity index (χ3v) is 7.22. The minimum absolute atomic E-state index is 0.00309. The number of ketones is 1. The highest BCUT2D eigenvalue weighted by atomic mass is 32.1. The van der Waals surface area contributed by atoms with E-state index in [1.807, 2.05) is 0 Å². The van der Waals surface area contributed by atoms with Crippen LogP contribution in [-0.4, -0.2) is 49.4 Å². The van der Waals surface area contributed by atoms with Crippen molar-refractivity contribution >= 4 is 35.2 Å². The molecule has 1 aliphatic carbocycles. The lowest BCUT2D eigenvalue weighted by Gasteiger charge is -2.32. The molecule has 1 aliphatic rings. The van der Waals surface area contributed by atoms with Crippen molar-refractivity contribution in [2.24, 2.45) is 11.3 Å². The summed E-state index contributed by atoms with van der Waals surface area (Å²) < 4.78 is 21.3. The molecule has 0 heterocycles. The van der Waals surface area contributed by atoms with Crippen LogP contribution in [-0.2, 0) is 33.3 Å². The first-order chi connectivity index (χ1) is 16.8. The maximum atomic E-state index is 13.2. The van der Waals surface area contributed by atoms with Gasteiger partial charge in [-0.05, 0) is 64.7 Å². The lowest BCUT2D eigenvalue weighted by atomic mass is 9.71. The predicted octanol–water partition coefficient (Wildman–Crippen LogP) is 6.10. The topological polar surface area (TPSA) is 88.1 Å². The number of unbranched alkanes of at least 4 members (excludes halogenated alkanes) is 5. The SMILES string of the molecule is CCCCCC(CCC1CCC(=O)C1(CCCCCCC(=O)OCC)C(=O)OCC)OC(=S)OC. The van der Waals surface area contributed by atoms with E-state index in [1.54, 1.807) is 13.8 Å². The molecule has 1 rings (SSSR count).